The molecule has 0 fully saturated rings. The Balaban J connectivity index is 0. The summed E-state index contributed by atoms with van der Waals surface area (Å²) in [6, 6.07) is 0. The van der Waals surface area contributed by atoms with Crippen molar-refractivity contribution < 1.29 is 33.3 Å². The van der Waals surface area contributed by atoms with Gasteiger partial charge in [-0.3, -0.25) is 14.4 Å². The third kappa shape index (κ3) is 20.4. The Morgan fingerprint density at radius 3 is 2.04 bits per heavy atom. The fourth-order valence-electron chi connectivity index (χ4n) is 1.48. The van der Waals surface area contributed by atoms with E-state index < -0.39 is 0 Å². The van der Waals surface area contributed by atoms with Crippen molar-refractivity contribution >= 4 is 17.9 Å². The summed E-state index contributed by atoms with van der Waals surface area (Å²) in [5.74, 6) is -0.837. The van der Waals surface area contributed by atoms with Crippen LogP contribution in [0.3, 0.4) is 0 Å². The van der Waals surface area contributed by atoms with E-state index in [1.165, 1.54) is 21.0 Å². The van der Waals surface area contributed by atoms with Crippen molar-refractivity contribution in [3.63, 3.8) is 0 Å². The van der Waals surface area contributed by atoms with Crippen molar-refractivity contribution in [3.05, 3.63) is 0 Å². The lowest BCUT2D eigenvalue weighted by molar-refractivity contribution is -0.152. The van der Waals surface area contributed by atoms with E-state index in [-0.39, 0.29) is 30.4 Å². The van der Waals surface area contributed by atoms with E-state index in [0.717, 1.165) is 12.8 Å². The van der Waals surface area contributed by atoms with E-state index in [0.29, 0.717) is 26.2 Å². The van der Waals surface area contributed by atoms with E-state index >= 15 is 0 Å². The van der Waals surface area contributed by atoms with Crippen LogP contribution in [-0.4, -0.2) is 50.9 Å². The van der Waals surface area contributed by atoms with Gasteiger partial charge < -0.3 is 18.9 Å². The minimum absolute atomic E-state index is 0.211. The zero-order valence-electron chi connectivity index (χ0n) is 14.9. The SMILES string of the molecule is CCCCOC(=O)CCC(COC)OC(C)=O.CCOC(C)=O. The molecule has 1 unspecified atom stereocenters. The van der Waals surface area contributed by atoms with Crippen molar-refractivity contribution in [3.8, 4) is 0 Å². The van der Waals surface area contributed by atoms with Gasteiger partial charge in [0.2, 0.25) is 0 Å². The third-order valence-electron chi connectivity index (χ3n) is 2.46. The van der Waals surface area contributed by atoms with Crippen LogP contribution in [0.25, 0.3) is 0 Å². The number of rotatable bonds is 10. The Morgan fingerprint density at radius 1 is 1.00 bits per heavy atom. The molecule has 0 aromatic carbocycles. The Morgan fingerprint density at radius 2 is 1.65 bits per heavy atom. The highest BCUT2D eigenvalue weighted by molar-refractivity contribution is 5.69. The molecule has 0 spiro atoms. The molecular weight excluding hydrogens is 304 g/mol. The number of carbonyl (C=O) groups is 3. The van der Waals surface area contributed by atoms with E-state index in [9.17, 15) is 14.4 Å². The van der Waals surface area contributed by atoms with Crippen LogP contribution in [-0.2, 0) is 33.3 Å². The largest absolute Gasteiger partial charge is 0.466 e. The second-order valence-electron chi connectivity index (χ2n) is 4.72. The van der Waals surface area contributed by atoms with Crippen LogP contribution in [0.15, 0.2) is 0 Å². The molecule has 0 aromatic heterocycles. The molecule has 0 aliphatic carbocycles. The fourth-order valence-corrected chi connectivity index (χ4v) is 1.48. The number of hydrogen-bond acceptors (Lipinski definition) is 7. The van der Waals surface area contributed by atoms with E-state index in [1.54, 1.807) is 6.92 Å². The molecule has 0 N–H and O–H groups in total. The molecule has 0 radical (unpaired) electrons. The van der Waals surface area contributed by atoms with Crippen molar-refractivity contribution in [2.24, 2.45) is 0 Å². The van der Waals surface area contributed by atoms with Gasteiger partial charge in [0.05, 0.1) is 19.8 Å². The first kappa shape index (κ1) is 23.6. The Hall–Kier alpha value is -1.63. The second kappa shape index (κ2) is 16.7. The first-order valence-electron chi connectivity index (χ1n) is 7.82. The molecule has 23 heavy (non-hydrogen) atoms. The van der Waals surface area contributed by atoms with Crippen LogP contribution in [0.4, 0.5) is 0 Å². The highest BCUT2D eigenvalue weighted by atomic mass is 16.6. The third-order valence-corrected chi connectivity index (χ3v) is 2.46. The highest BCUT2D eigenvalue weighted by Crippen LogP contribution is 2.05. The predicted molar refractivity (Wildman–Crippen MR) is 84.8 cm³/mol. The Bertz CT molecular complexity index is 328. The minimum Gasteiger partial charge on any atom is -0.466 e. The molecule has 0 saturated carbocycles. The molecule has 136 valence electrons. The number of ether oxygens (including phenoxy) is 4. The number of unbranched alkanes of at least 4 members (excludes halogenated alkanes) is 1. The zero-order valence-corrected chi connectivity index (χ0v) is 14.9. The summed E-state index contributed by atoms with van der Waals surface area (Å²) in [6.07, 6.45) is 2.16. The molecule has 0 aliphatic rings. The van der Waals surface area contributed by atoms with Crippen LogP contribution in [0.1, 0.15) is 53.4 Å². The maximum Gasteiger partial charge on any atom is 0.305 e. The standard InChI is InChI=1S/C12H22O5.C4H8O2/c1-4-5-8-16-12(14)7-6-11(9-15-3)17-10(2)13;1-3-6-4(2)5/h11H,4-9H2,1-3H3;3H2,1-2H3. The lowest BCUT2D eigenvalue weighted by Gasteiger charge is -2.15. The van der Waals surface area contributed by atoms with Gasteiger partial charge >= 0.3 is 17.9 Å². The van der Waals surface area contributed by atoms with Crippen molar-refractivity contribution in [1.82, 2.24) is 0 Å². The topological polar surface area (TPSA) is 88.1 Å². The van der Waals surface area contributed by atoms with Gasteiger partial charge in [0.15, 0.2) is 0 Å². The van der Waals surface area contributed by atoms with Crippen LogP contribution in [0.2, 0.25) is 0 Å². The van der Waals surface area contributed by atoms with Crippen molar-refractivity contribution in [1.29, 1.82) is 0 Å². The molecule has 0 aromatic rings. The Kier molecular flexibility index (Phi) is 17.2. The first-order valence-corrected chi connectivity index (χ1v) is 7.82. The van der Waals surface area contributed by atoms with Gasteiger partial charge in [0.25, 0.3) is 0 Å². The molecule has 0 heterocycles. The molecule has 0 bridgehead atoms. The molecular formula is C16H30O7. The maximum absolute atomic E-state index is 11.3. The Labute approximate surface area is 138 Å². The molecule has 7 heteroatoms. The summed E-state index contributed by atoms with van der Waals surface area (Å²) in [6.45, 7) is 7.77. The average molecular weight is 334 g/mol. The molecule has 7 nitrogen and oxygen atoms in total. The summed E-state index contributed by atoms with van der Waals surface area (Å²) < 4.78 is 19.3. The molecule has 0 amide bonds. The summed E-state index contributed by atoms with van der Waals surface area (Å²) in [7, 11) is 1.52. The molecule has 0 saturated heterocycles. The van der Waals surface area contributed by atoms with E-state index in [2.05, 4.69) is 4.74 Å². The molecule has 0 aliphatic heterocycles. The van der Waals surface area contributed by atoms with Crippen LogP contribution >= 0.6 is 0 Å². The highest BCUT2D eigenvalue weighted by Gasteiger charge is 2.14. The maximum atomic E-state index is 11.3. The van der Waals surface area contributed by atoms with Crippen molar-refractivity contribution in [2.75, 3.05) is 26.9 Å². The van der Waals surface area contributed by atoms with E-state index in [4.69, 9.17) is 14.2 Å². The first-order chi connectivity index (χ1) is 10.9. The minimum atomic E-state index is -0.378. The van der Waals surface area contributed by atoms with Crippen LogP contribution in [0, 0.1) is 0 Å². The van der Waals surface area contributed by atoms with Gasteiger partial charge in [0, 0.05) is 27.4 Å². The fraction of sp³-hybridized carbons (Fsp3) is 0.812. The van der Waals surface area contributed by atoms with Gasteiger partial charge in [-0.15, -0.1) is 0 Å². The van der Waals surface area contributed by atoms with Gasteiger partial charge in [-0.2, -0.15) is 0 Å². The van der Waals surface area contributed by atoms with E-state index in [1.807, 2.05) is 6.92 Å². The summed E-state index contributed by atoms with van der Waals surface area (Å²) in [5, 5.41) is 0. The number of esters is 3. The number of hydrogen-bond donors (Lipinski definition) is 0. The van der Waals surface area contributed by atoms with Gasteiger partial charge in [-0.05, 0) is 19.8 Å². The second-order valence-corrected chi connectivity index (χ2v) is 4.72. The summed E-state index contributed by atoms with van der Waals surface area (Å²) >= 11 is 0. The van der Waals surface area contributed by atoms with Crippen LogP contribution < -0.4 is 0 Å². The summed E-state index contributed by atoms with van der Waals surface area (Å²) in [4.78, 5) is 31.9. The quantitative estimate of drug-likeness (QED) is 0.344. The van der Waals surface area contributed by atoms with Gasteiger partial charge in [0.1, 0.15) is 6.10 Å². The summed E-state index contributed by atoms with van der Waals surface area (Å²) in [5.41, 5.74) is 0. The smallest absolute Gasteiger partial charge is 0.305 e. The van der Waals surface area contributed by atoms with Gasteiger partial charge in [-0.1, -0.05) is 13.3 Å². The normalized spacial score (nSPS) is 10.8. The lowest BCUT2D eigenvalue weighted by atomic mass is 10.2. The van der Waals surface area contributed by atoms with Gasteiger partial charge in [-0.25, -0.2) is 0 Å². The average Bonchev–Trinajstić information content (AvgIpc) is 2.45. The van der Waals surface area contributed by atoms with Crippen molar-refractivity contribution in [2.45, 2.75) is 59.5 Å². The van der Waals surface area contributed by atoms with Crippen LogP contribution in [0.5, 0.6) is 0 Å². The number of carbonyl (C=O) groups excluding carboxylic acids is 3. The molecule has 1 atom stereocenters. The predicted octanol–water partition coefficient (Wildman–Crippen LogP) is 2.26. The molecule has 0 rings (SSSR count). The number of methoxy groups -OCH3 is 1. The zero-order chi connectivity index (χ0) is 18.1. The monoisotopic (exact) mass is 334 g/mol. The lowest BCUT2D eigenvalue weighted by Crippen LogP contribution is -2.23.